The van der Waals surface area contributed by atoms with Crippen LogP contribution in [0.4, 0.5) is 4.79 Å². The molecule has 4 aromatic rings. The van der Waals surface area contributed by atoms with Gasteiger partial charge in [-0.3, -0.25) is 4.57 Å². The van der Waals surface area contributed by atoms with Gasteiger partial charge in [0.1, 0.15) is 5.75 Å². The zero-order valence-corrected chi connectivity index (χ0v) is 20.0. The van der Waals surface area contributed by atoms with Crippen molar-refractivity contribution in [3.05, 3.63) is 101 Å². The van der Waals surface area contributed by atoms with Crippen molar-refractivity contribution in [3.8, 4) is 11.4 Å². The van der Waals surface area contributed by atoms with Crippen molar-refractivity contribution in [2.24, 2.45) is 0 Å². The van der Waals surface area contributed by atoms with Crippen molar-refractivity contribution in [3.63, 3.8) is 0 Å². The number of carbonyl (C=O) groups is 1. The number of methoxy groups -OCH3 is 1. The molecule has 0 unspecified atom stereocenters. The Labute approximate surface area is 203 Å². The average molecular weight is 474 g/mol. The van der Waals surface area contributed by atoms with E-state index in [1.807, 2.05) is 72.2 Å². The van der Waals surface area contributed by atoms with Gasteiger partial charge < -0.3 is 15.4 Å². The van der Waals surface area contributed by atoms with Crippen LogP contribution in [0.5, 0.6) is 5.75 Å². The van der Waals surface area contributed by atoms with Gasteiger partial charge in [-0.15, -0.1) is 10.2 Å². The van der Waals surface area contributed by atoms with Crippen molar-refractivity contribution in [1.82, 2.24) is 25.4 Å². The Kier molecular flexibility index (Phi) is 7.83. The van der Waals surface area contributed by atoms with E-state index in [-0.39, 0.29) is 12.6 Å². The van der Waals surface area contributed by atoms with Crippen molar-refractivity contribution in [1.29, 1.82) is 0 Å². The molecular weight excluding hydrogens is 446 g/mol. The summed E-state index contributed by atoms with van der Waals surface area (Å²) in [5, 5.41) is 15.3. The number of nitrogens with zero attached hydrogens (tertiary/aromatic N) is 3. The number of urea groups is 1. The number of aryl methyl sites for hydroxylation is 1. The van der Waals surface area contributed by atoms with E-state index in [1.165, 1.54) is 5.56 Å². The smallest absolute Gasteiger partial charge is 0.315 e. The number of amides is 2. The SMILES string of the molecule is COc1cccc(CSc2nnc(CNC(=O)NCc3ccccc3)n2-c2ccc(C)cc2)c1. The van der Waals surface area contributed by atoms with Gasteiger partial charge in [0.2, 0.25) is 0 Å². The van der Waals surface area contributed by atoms with Crippen LogP contribution < -0.4 is 15.4 Å². The minimum absolute atomic E-state index is 0.251. The van der Waals surface area contributed by atoms with Gasteiger partial charge in [-0.1, -0.05) is 71.9 Å². The van der Waals surface area contributed by atoms with Crippen LogP contribution in [0.3, 0.4) is 0 Å². The minimum atomic E-state index is -0.257. The summed E-state index contributed by atoms with van der Waals surface area (Å²) in [6.45, 7) is 2.76. The molecule has 1 aromatic heterocycles. The lowest BCUT2D eigenvalue weighted by Crippen LogP contribution is -2.35. The van der Waals surface area contributed by atoms with Gasteiger partial charge in [0, 0.05) is 18.0 Å². The van der Waals surface area contributed by atoms with Gasteiger partial charge >= 0.3 is 6.03 Å². The summed E-state index contributed by atoms with van der Waals surface area (Å²) in [5.74, 6) is 2.20. The first-order valence-electron chi connectivity index (χ1n) is 10.9. The second-order valence-corrected chi connectivity index (χ2v) is 8.67. The van der Waals surface area contributed by atoms with Gasteiger partial charge in [0.05, 0.1) is 13.7 Å². The molecule has 0 aliphatic rings. The van der Waals surface area contributed by atoms with Gasteiger partial charge in [-0.2, -0.15) is 0 Å². The lowest BCUT2D eigenvalue weighted by molar-refractivity contribution is 0.240. The number of benzene rings is 3. The van der Waals surface area contributed by atoms with Crippen molar-refractivity contribution in [2.75, 3.05) is 7.11 Å². The zero-order chi connectivity index (χ0) is 23.8. The quantitative estimate of drug-likeness (QED) is 0.339. The Bertz CT molecular complexity index is 1230. The molecule has 0 aliphatic carbocycles. The van der Waals surface area contributed by atoms with Crippen LogP contribution in [0.15, 0.2) is 84.0 Å². The molecule has 4 rings (SSSR count). The monoisotopic (exact) mass is 473 g/mol. The van der Waals surface area contributed by atoms with Crippen molar-refractivity contribution < 1.29 is 9.53 Å². The maximum atomic E-state index is 12.4. The Hall–Kier alpha value is -3.78. The third kappa shape index (κ3) is 6.17. The molecule has 0 radical (unpaired) electrons. The first-order chi connectivity index (χ1) is 16.6. The zero-order valence-electron chi connectivity index (χ0n) is 19.2. The molecule has 0 saturated heterocycles. The third-order valence-electron chi connectivity index (χ3n) is 5.20. The van der Waals surface area contributed by atoms with E-state index >= 15 is 0 Å². The summed E-state index contributed by atoms with van der Waals surface area (Å²) in [7, 11) is 1.66. The molecule has 0 atom stereocenters. The molecule has 0 saturated carbocycles. The highest BCUT2D eigenvalue weighted by Crippen LogP contribution is 2.26. The van der Waals surface area contributed by atoms with Crippen LogP contribution >= 0.6 is 11.8 Å². The van der Waals surface area contributed by atoms with Crippen LogP contribution in [0.1, 0.15) is 22.5 Å². The maximum Gasteiger partial charge on any atom is 0.315 e. The molecular formula is C26H27N5O2S. The molecule has 2 N–H and O–H groups in total. The second-order valence-electron chi connectivity index (χ2n) is 7.73. The Balaban J connectivity index is 1.47. The number of nitrogens with one attached hydrogen (secondary N) is 2. The summed E-state index contributed by atoms with van der Waals surface area (Å²) in [4.78, 5) is 12.4. The standard InChI is InChI=1S/C26H27N5O2S/c1-19-11-13-22(14-12-19)31-24(17-28-25(32)27-16-20-7-4-3-5-8-20)29-30-26(31)34-18-21-9-6-10-23(15-21)33-2/h3-15H,16-18H2,1-2H3,(H2,27,28,32). The summed E-state index contributed by atoms with van der Waals surface area (Å²) in [6.07, 6.45) is 0. The molecule has 0 aliphatic heterocycles. The molecule has 34 heavy (non-hydrogen) atoms. The normalized spacial score (nSPS) is 10.6. The van der Waals surface area contributed by atoms with E-state index in [0.717, 1.165) is 27.7 Å². The first kappa shape index (κ1) is 23.4. The minimum Gasteiger partial charge on any atom is -0.497 e. The highest BCUT2D eigenvalue weighted by Gasteiger charge is 2.16. The highest BCUT2D eigenvalue weighted by atomic mass is 32.2. The van der Waals surface area contributed by atoms with Gasteiger partial charge in [-0.05, 0) is 42.3 Å². The maximum absolute atomic E-state index is 12.4. The van der Waals surface area contributed by atoms with E-state index in [0.29, 0.717) is 18.1 Å². The predicted octanol–water partition coefficient (Wildman–Crippen LogP) is 4.88. The number of hydrogen-bond donors (Lipinski definition) is 2. The third-order valence-corrected chi connectivity index (χ3v) is 6.20. The molecule has 2 amide bonds. The van der Waals surface area contributed by atoms with Gasteiger partial charge in [0.15, 0.2) is 11.0 Å². The van der Waals surface area contributed by atoms with E-state index in [4.69, 9.17) is 4.74 Å². The van der Waals surface area contributed by atoms with Crippen molar-refractivity contribution >= 4 is 17.8 Å². The van der Waals surface area contributed by atoms with E-state index in [1.54, 1.807) is 18.9 Å². The molecule has 7 nitrogen and oxygen atoms in total. The van der Waals surface area contributed by atoms with Gasteiger partial charge in [0.25, 0.3) is 0 Å². The number of rotatable bonds is 9. The largest absolute Gasteiger partial charge is 0.497 e. The number of aromatic nitrogens is 3. The fourth-order valence-corrected chi connectivity index (χ4v) is 4.29. The summed E-state index contributed by atoms with van der Waals surface area (Å²) in [6, 6.07) is 25.7. The Morgan fingerprint density at radius 2 is 1.65 bits per heavy atom. The molecule has 0 fully saturated rings. The van der Waals surface area contributed by atoms with E-state index < -0.39 is 0 Å². The van der Waals surface area contributed by atoms with Crippen LogP contribution in [-0.2, 0) is 18.8 Å². The number of hydrogen-bond acceptors (Lipinski definition) is 5. The fraction of sp³-hybridized carbons (Fsp3) is 0.192. The van der Waals surface area contributed by atoms with Crippen LogP contribution in [-0.4, -0.2) is 27.9 Å². The highest BCUT2D eigenvalue weighted by molar-refractivity contribution is 7.98. The second kappa shape index (κ2) is 11.4. The summed E-state index contributed by atoms with van der Waals surface area (Å²) < 4.78 is 7.32. The molecule has 0 spiro atoms. The topological polar surface area (TPSA) is 81.1 Å². The Morgan fingerprint density at radius 3 is 2.41 bits per heavy atom. The summed E-state index contributed by atoms with van der Waals surface area (Å²) >= 11 is 1.59. The molecule has 3 aromatic carbocycles. The number of carbonyl (C=O) groups excluding carboxylic acids is 1. The van der Waals surface area contributed by atoms with Crippen LogP contribution in [0.2, 0.25) is 0 Å². The summed E-state index contributed by atoms with van der Waals surface area (Å²) in [5.41, 5.74) is 4.28. The van der Waals surface area contributed by atoms with E-state index in [2.05, 4.69) is 39.0 Å². The lowest BCUT2D eigenvalue weighted by Gasteiger charge is -2.12. The average Bonchev–Trinajstić information content (AvgIpc) is 3.29. The number of ether oxygens (including phenoxy) is 1. The molecule has 8 heteroatoms. The predicted molar refractivity (Wildman–Crippen MR) is 134 cm³/mol. The van der Waals surface area contributed by atoms with Crippen LogP contribution in [0, 0.1) is 6.92 Å². The lowest BCUT2D eigenvalue weighted by atomic mass is 10.2. The number of thioether (sulfide) groups is 1. The van der Waals surface area contributed by atoms with Gasteiger partial charge in [-0.25, -0.2) is 4.79 Å². The van der Waals surface area contributed by atoms with E-state index in [9.17, 15) is 4.79 Å². The Morgan fingerprint density at radius 1 is 0.912 bits per heavy atom. The van der Waals surface area contributed by atoms with Crippen LogP contribution in [0.25, 0.3) is 5.69 Å². The molecule has 1 heterocycles. The molecule has 174 valence electrons. The molecule has 0 bridgehead atoms. The first-order valence-corrected chi connectivity index (χ1v) is 11.9. The van der Waals surface area contributed by atoms with Crippen molar-refractivity contribution in [2.45, 2.75) is 30.9 Å². The fourth-order valence-electron chi connectivity index (χ4n) is 3.37.